The van der Waals surface area contributed by atoms with Crippen molar-refractivity contribution in [3.8, 4) is 0 Å². The van der Waals surface area contributed by atoms with Gasteiger partial charge in [0.1, 0.15) is 0 Å². The Balaban J connectivity index is 2.33. The van der Waals surface area contributed by atoms with Crippen LogP contribution in [0.1, 0.15) is 23.7 Å². The van der Waals surface area contributed by atoms with Crippen LogP contribution in [0.4, 0.5) is 5.95 Å². The van der Waals surface area contributed by atoms with E-state index >= 15 is 0 Å². The van der Waals surface area contributed by atoms with Gasteiger partial charge in [0.15, 0.2) is 0 Å². The fraction of sp³-hybridized carbons (Fsp3) is 0.200. The molecule has 4 nitrogen and oxygen atoms in total. The second kappa shape index (κ2) is 6.33. The van der Waals surface area contributed by atoms with Crippen molar-refractivity contribution in [2.45, 2.75) is 20.3 Å². The summed E-state index contributed by atoms with van der Waals surface area (Å²) in [6.45, 7) is 3.68. The summed E-state index contributed by atoms with van der Waals surface area (Å²) in [5, 5.41) is 1.24. The first-order valence-electron chi connectivity index (χ1n) is 6.36. The highest BCUT2D eigenvalue weighted by atomic mass is 35.5. The third kappa shape index (κ3) is 3.65. The van der Waals surface area contributed by atoms with Crippen molar-refractivity contribution < 1.29 is 0 Å². The number of aromatic amines is 1. The molecule has 0 fully saturated rings. The Hall–Kier alpha value is -1.78. The number of H-pyrrole nitrogens is 1. The Kier molecular flexibility index (Phi) is 4.70. The van der Waals surface area contributed by atoms with Crippen LogP contribution >= 0.6 is 23.2 Å². The SMILES string of the molecule is C/C(=C/Cc1c(C)nc(N)[nH]c1=O)c1cc(Cl)ccc1Cl. The number of benzene rings is 1. The largest absolute Gasteiger partial charge is 0.369 e. The molecule has 0 radical (unpaired) electrons. The van der Waals surface area contributed by atoms with Gasteiger partial charge in [0.25, 0.3) is 5.56 Å². The standard InChI is InChI=1S/C15H15Cl2N3O/c1-8(12-7-10(16)4-6-13(12)17)3-5-11-9(2)19-15(18)20-14(11)21/h3-4,6-7H,5H2,1-2H3,(H3,18,19,20,21)/b8-3-. The van der Waals surface area contributed by atoms with Crippen molar-refractivity contribution >= 4 is 34.7 Å². The van der Waals surface area contributed by atoms with Gasteiger partial charge in [0.05, 0.1) is 5.69 Å². The molecule has 6 heteroatoms. The quantitative estimate of drug-likeness (QED) is 0.906. The van der Waals surface area contributed by atoms with Crippen LogP contribution in [0.2, 0.25) is 10.0 Å². The number of aryl methyl sites for hydroxylation is 1. The summed E-state index contributed by atoms with van der Waals surface area (Å²) < 4.78 is 0. The van der Waals surface area contributed by atoms with Crippen molar-refractivity contribution in [2.24, 2.45) is 0 Å². The van der Waals surface area contributed by atoms with Crippen LogP contribution in [0, 0.1) is 6.92 Å². The van der Waals surface area contributed by atoms with Crippen LogP contribution < -0.4 is 11.3 Å². The first-order chi connectivity index (χ1) is 9.88. The number of aromatic nitrogens is 2. The summed E-state index contributed by atoms with van der Waals surface area (Å²) in [5.74, 6) is 0.125. The molecule has 2 aromatic rings. The molecule has 110 valence electrons. The van der Waals surface area contributed by atoms with Crippen molar-refractivity contribution in [1.29, 1.82) is 0 Å². The number of nitrogen functional groups attached to an aromatic ring is 1. The highest BCUT2D eigenvalue weighted by Crippen LogP contribution is 2.27. The van der Waals surface area contributed by atoms with Gasteiger partial charge in [-0.05, 0) is 49.6 Å². The molecule has 1 aromatic carbocycles. The first-order valence-corrected chi connectivity index (χ1v) is 7.11. The zero-order valence-corrected chi connectivity index (χ0v) is 13.2. The van der Waals surface area contributed by atoms with Crippen molar-refractivity contribution in [3.05, 3.63) is 61.5 Å². The molecule has 0 atom stereocenters. The molecular weight excluding hydrogens is 309 g/mol. The summed E-state index contributed by atoms with van der Waals surface area (Å²) >= 11 is 12.1. The highest BCUT2D eigenvalue weighted by molar-refractivity contribution is 6.34. The lowest BCUT2D eigenvalue weighted by atomic mass is 10.0. The van der Waals surface area contributed by atoms with Gasteiger partial charge in [-0.3, -0.25) is 9.78 Å². The maximum absolute atomic E-state index is 11.9. The van der Waals surface area contributed by atoms with E-state index in [0.717, 1.165) is 11.1 Å². The molecule has 0 bridgehead atoms. The minimum absolute atomic E-state index is 0.125. The van der Waals surface area contributed by atoms with Crippen LogP contribution in [-0.2, 0) is 6.42 Å². The molecule has 0 aliphatic heterocycles. The average Bonchev–Trinajstić information content (AvgIpc) is 2.40. The third-order valence-corrected chi connectivity index (χ3v) is 3.77. The fourth-order valence-corrected chi connectivity index (χ4v) is 2.48. The van der Waals surface area contributed by atoms with Gasteiger partial charge >= 0.3 is 0 Å². The highest BCUT2D eigenvalue weighted by Gasteiger charge is 2.07. The molecule has 0 aliphatic carbocycles. The van der Waals surface area contributed by atoms with Crippen LogP contribution in [0.15, 0.2) is 29.1 Å². The molecule has 1 heterocycles. The van der Waals surface area contributed by atoms with Gasteiger partial charge in [-0.15, -0.1) is 0 Å². The monoisotopic (exact) mass is 323 g/mol. The Morgan fingerprint density at radius 1 is 1.43 bits per heavy atom. The van der Waals surface area contributed by atoms with Crippen LogP contribution in [0.3, 0.4) is 0 Å². The first kappa shape index (κ1) is 15.6. The topological polar surface area (TPSA) is 71.8 Å². The van der Waals surface area contributed by atoms with Crippen molar-refractivity contribution in [3.63, 3.8) is 0 Å². The van der Waals surface area contributed by atoms with E-state index in [1.54, 1.807) is 25.1 Å². The summed E-state index contributed by atoms with van der Waals surface area (Å²) in [7, 11) is 0. The zero-order chi connectivity index (χ0) is 15.6. The second-order valence-corrected chi connectivity index (χ2v) is 5.57. The number of hydrogen-bond donors (Lipinski definition) is 2. The van der Waals surface area contributed by atoms with Crippen LogP contribution in [0.5, 0.6) is 0 Å². The molecule has 0 amide bonds. The number of hydrogen-bond acceptors (Lipinski definition) is 3. The fourth-order valence-electron chi connectivity index (χ4n) is 2.04. The minimum atomic E-state index is -0.221. The maximum atomic E-state index is 11.9. The molecule has 0 spiro atoms. The van der Waals surface area contributed by atoms with Crippen LogP contribution in [-0.4, -0.2) is 9.97 Å². The average molecular weight is 324 g/mol. The van der Waals surface area contributed by atoms with Gasteiger partial charge in [-0.2, -0.15) is 0 Å². The van der Waals surface area contributed by atoms with E-state index in [-0.39, 0.29) is 11.5 Å². The minimum Gasteiger partial charge on any atom is -0.369 e. The van der Waals surface area contributed by atoms with E-state index in [1.165, 1.54) is 0 Å². The molecule has 3 N–H and O–H groups in total. The van der Waals surface area contributed by atoms with Gasteiger partial charge in [0, 0.05) is 15.6 Å². The predicted octanol–water partition coefficient (Wildman–Crippen LogP) is 3.61. The Morgan fingerprint density at radius 2 is 2.14 bits per heavy atom. The van der Waals surface area contributed by atoms with Gasteiger partial charge in [0.2, 0.25) is 5.95 Å². The normalized spacial score (nSPS) is 11.7. The third-order valence-electron chi connectivity index (χ3n) is 3.21. The number of anilines is 1. The molecule has 21 heavy (non-hydrogen) atoms. The van der Waals surface area contributed by atoms with Crippen molar-refractivity contribution in [1.82, 2.24) is 9.97 Å². The van der Waals surface area contributed by atoms with E-state index in [1.807, 2.05) is 13.0 Å². The van der Waals surface area contributed by atoms with Gasteiger partial charge < -0.3 is 5.73 Å². The van der Waals surface area contributed by atoms with Gasteiger partial charge in [-0.25, -0.2) is 4.98 Å². The molecule has 1 aromatic heterocycles. The Morgan fingerprint density at radius 3 is 2.81 bits per heavy atom. The lowest BCUT2D eigenvalue weighted by Crippen LogP contribution is -2.18. The molecular formula is C15H15Cl2N3O. The van der Waals surface area contributed by atoms with Crippen LogP contribution in [0.25, 0.3) is 5.57 Å². The number of rotatable bonds is 3. The molecule has 0 saturated heterocycles. The number of allylic oxidation sites excluding steroid dienone is 2. The number of halogens is 2. The zero-order valence-electron chi connectivity index (χ0n) is 11.7. The summed E-state index contributed by atoms with van der Waals surface area (Å²) in [6, 6.07) is 5.28. The molecule has 0 saturated carbocycles. The molecule has 0 aliphatic rings. The van der Waals surface area contributed by atoms with Gasteiger partial charge in [-0.1, -0.05) is 29.3 Å². The van der Waals surface area contributed by atoms with E-state index in [2.05, 4.69) is 9.97 Å². The smallest absolute Gasteiger partial charge is 0.256 e. The Labute approximate surface area is 132 Å². The number of nitrogens with two attached hydrogens (primary N) is 1. The summed E-state index contributed by atoms with van der Waals surface area (Å²) in [5.41, 5.74) is 8.28. The summed E-state index contributed by atoms with van der Waals surface area (Å²) in [4.78, 5) is 18.4. The second-order valence-electron chi connectivity index (χ2n) is 4.73. The summed E-state index contributed by atoms with van der Waals surface area (Å²) in [6.07, 6.45) is 2.37. The predicted molar refractivity (Wildman–Crippen MR) is 87.8 cm³/mol. The molecule has 0 unspecified atom stereocenters. The van der Waals surface area contributed by atoms with E-state index < -0.39 is 0 Å². The number of nitrogens with zero attached hydrogens (tertiary/aromatic N) is 1. The van der Waals surface area contributed by atoms with E-state index in [4.69, 9.17) is 28.9 Å². The maximum Gasteiger partial charge on any atom is 0.256 e. The molecule has 2 rings (SSSR count). The Bertz CT molecular complexity index is 766. The lowest BCUT2D eigenvalue weighted by Gasteiger charge is -2.07. The lowest BCUT2D eigenvalue weighted by molar-refractivity contribution is 1.00. The van der Waals surface area contributed by atoms with E-state index in [9.17, 15) is 4.79 Å². The van der Waals surface area contributed by atoms with E-state index in [0.29, 0.717) is 27.7 Å². The van der Waals surface area contributed by atoms with Crippen molar-refractivity contribution in [2.75, 3.05) is 5.73 Å². The number of nitrogens with one attached hydrogen (secondary N) is 1.